The van der Waals surface area contributed by atoms with Crippen molar-refractivity contribution in [3.05, 3.63) is 187 Å². The van der Waals surface area contributed by atoms with Gasteiger partial charge in [0.25, 0.3) is 0 Å². The number of hydrogen-bond acceptors (Lipinski definition) is 3. The number of hydrogen-bond donors (Lipinski definition) is 0. The van der Waals surface area contributed by atoms with Gasteiger partial charge in [0, 0.05) is 44.3 Å². The molecule has 0 bridgehead atoms. The smallest absolute Gasteiger partial charge is 0.159 e. The maximum absolute atomic E-state index is 7.09. The maximum Gasteiger partial charge on any atom is 0.159 e. The average molecular weight is 718 g/mol. The van der Waals surface area contributed by atoms with Gasteiger partial charge >= 0.3 is 0 Å². The van der Waals surface area contributed by atoms with Crippen molar-refractivity contribution in [1.29, 1.82) is 0 Å². The van der Waals surface area contributed by atoms with Crippen LogP contribution in [0.3, 0.4) is 0 Å². The van der Waals surface area contributed by atoms with Crippen molar-refractivity contribution < 1.29 is 8.83 Å². The fourth-order valence-corrected chi connectivity index (χ4v) is 9.58. The molecule has 264 valence electrons. The van der Waals surface area contributed by atoms with E-state index in [0.717, 1.165) is 66.5 Å². The van der Waals surface area contributed by atoms with Crippen LogP contribution in [-0.2, 0) is 5.41 Å². The standard InChI is InChI=1S/C53H35NO2/c1-53(2)45-22-9-7-18-38(45)39-27-25-34(30-46(39)53)54(47-23-12-21-43-40-19-8-10-24-48(40)55-51(43)47)35-26-28-41-44-29-33-14-4-6-17-37(33)50(52(44)56-49(41)31-35)42-20-11-15-32-13-3-5-16-36(32)42/h3-31H,1-2H3. The predicted molar refractivity (Wildman–Crippen MR) is 234 cm³/mol. The molecular weight excluding hydrogens is 683 g/mol. The zero-order valence-corrected chi connectivity index (χ0v) is 31.0. The van der Waals surface area contributed by atoms with E-state index in [1.807, 2.05) is 6.07 Å². The Morgan fingerprint density at radius 1 is 0.393 bits per heavy atom. The summed E-state index contributed by atoms with van der Waals surface area (Å²) in [6, 6.07) is 63.3. The minimum absolute atomic E-state index is 0.151. The van der Waals surface area contributed by atoms with Gasteiger partial charge in [-0.3, -0.25) is 0 Å². The Morgan fingerprint density at radius 3 is 1.93 bits per heavy atom. The van der Waals surface area contributed by atoms with E-state index in [1.54, 1.807) is 0 Å². The first-order valence-electron chi connectivity index (χ1n) is 19.3. The lowest BCUT2D eigenvalue weighted by molar-refractivity contribution is 0.660. The van der Waals surface area contributed by atoms with Gasteiger partial charge in [-0.1, -0.05) is 141 Å². The second-order valence-electron chi connectivity index (χ2n) is 15.6. The summed E-state index contributed by atoms with van der Waals surface area (Å²) in [4.78, 5) is 2.35. The van der Waals surface area contributed by atoms with Crippen LogP contribution in [0.15, 0.2) is 185 Å². The molecule has 1 aliphatic rings. The van der Waals surface area contributed by atoms with Gasteiger partial charge < -0.3 is 13.7 Å². The van der Waals surface area contributed by atoms with E-state index in [0.29, 0.717) is 0 Å². The fourth-order valence-electron chi connectivity index (χ4n) is 9.58. The van der Waals surface area contributed by atoms with Gasteiger partial charge in [-0.2, -0.15) is 0 Å². The highest BCUT2D eigenvalue weighted by Gasteiger charge is 2.36. The van der Waals surface area contributed by atoms with E-state index in [9.17, 15) is 0 Å². The third-order valence-electron chi connectivity index (χ3n) is 12.2. The third kappa shape index (κ3) is 4.34. The number of nitrogens with zero attached hydrogens (tertiary/aromatic N) is 1. The number of anilines is 3. The van der Waals surface area contributed by atoms with E-state index in [2.05, 4.69) is 189 Å². The summed E-state index contributed by atoms with van der Waals surface area (Å²) in [5, 5.41) is 9.18. The van der Waals surface area contributed by atoms with Gasteiger partial charge in [0.15, 0.2) is 5.58 Å². The first-order chi connectivity index (χ1) is 27.5. The van der Waals surface area contributed by atoms with Crippen molar-refractivity contribution in [3.8, 4) is 22.3 Å². The lowest BCUT2D eigenvalue weighted by atomic mass is 9.82. The zero-order valence-electron chi connectivity index (χ0n) is 31.0. The van der Waals surface area contributed by atoms with Crippen LogP contribution in [-0.4, -0.2) is 0 Å². The van der Waals surface area contributed by atoms with E-state index in [1.165, 1.54) is 49.4 Å². The summed E-state index contributed by atoms with van der Waals surface area (Å²) in [5.41, 5.74) is 13.9. The summed E-state index contributed by atoms with van der Waals surface area (Å²) < 4.78 is 13.8. The van der Waals surface area contributed by atoms with Crippen LogP contribution in [0, 0.1) is 0 Å². The van der Waals surface area contributed by atoms with Crippen LogP contribution in [0.5, 0.6) is 0 Å². The van der Waals surface area contributed by atoms with Crippen LogP contribution in [0.25, 0.3) is 87.7 Å². The lowest BCUT2D eigenvalue weighted by Crippen LogP contribution is -2.16. The van der Waals surface area contributed by atoms with Gasteiger partial charge in [0.05, 0.1) is 11.4 Å². The molecule has 2 heterocycles. The first kappa shape index (κ1) is 31.3. The van der Waals surface area contributed by atoms with Crippen LogP contribution in [0.4, 0.5) is 17.1 Å². The number of fused-ring (bicyclic) bond motifs is 11. The molecule has 3 nitrogen and oxygen atoms in total. The van der Waals surface area contributed by atoms with E-state index in [4.69, 9.17) is 8.83 Å². The molecule has 0 saturated heterocycles. The first-order valence-corrected chi connectivity index (χ1v) is 19.3. The lowest BCUT2D eigenvalue weighted by Gasteiger charge is -2.28. The second-order valence-corrected chi connectivity index (χ2v) is 15.6. The molecule has 0 saturated carbocycles. The van der Waals surface area contributed by atoms with Gasteiger partial charge in [-0.05, 0) is 91.8 Å². The van der Waals surface area contributed by atoms with Crippen molar-refractivity contribution in [3.63, 3.8) is 0 Å². The Kier molecular flexibility index (Phi) is 6.40. The zero-order chi connectivity index (χ0) is 37.1. The molecule has 0 atom stereocenters. The Labute approximate surface area is 323 Å². The number of benzene rings is 9. The normalized spacial score (nSPS) is 13.3. The summed E-state index contributed by atoms with van der Waals surface area (Å²) in [6.07, 6.45) is 0. The Balaban J connectivity index is 1.12. The summed E-state index contributed by atoms with van der Waals surface area (Å²) in [6.45, 7) is 4.67. The van der Waals surface area contributed by atoms with Crippen LogP contribution in [0.1, 0.15) is 25.0 Å². The van der Waals surface area contributed by atoms with Crippen molar-refractivity contribution in [2.45, 2.75) is 19.3 Å². The summed E-state index contributed by atoms with van der Waals surface area (Å²) >= 11 is 0. The van der Waals surface area contributed by atoms with Gasteiger partial charge in [0.1, 0.15) is 16.7 Å². The van der Waals surface area contributed by atoms with Crippen LogP contribution >= 0.6 is 0 Å². The Bertz CT molecular complexity index is 3410. The molecule has 0 spiro atoms. The monoisotopic (exact) mass is 717 g/mol. The number of para-hydroxylation sites is 2. The largest absolute Gasteiger partial charge is 0.455 e. The van der Waals surface area contributed by atoms with Crippen molar-refractivity contribution in [1.82, 2.24) is 0 Å². The molecule has 0 amide bonds. The minimum atomic E-state index is -0.151. The molecule has 0 fully saturated rings. The highest BCUT2D eigenvalue weighted by molar-refractivity contribution is 6.21. The number of furan rings is 2. The Hall–Kier alpha value is -7.10. The number of rotatable bonds is 4. The molecule has 9 aromatic carbocycles. The quantitative estimate of drug-likeness (QED) is 0.182. The molecule has 0 unspecified atom stereocenters. The second kappa shape index (κ2) is 11.5. The molecule has 11 aromatic rings. The molecule has 12 rings (SSSR count). The maximum atomic E-state index is 7.09. The molecule has 0 radical (unpaired) electrons. The molecule has 2 aromatic heterocycles. The predicted octanol–water partition coefficient (Wildman–Crippen LogP) is 15.2. The SMILES string of the molecule is CC1(C)c2ccccc2-c2ccc(N(c3ccc4c(c3)oc3c(-c5cccc6ccccc56)c5ccccc5cc34)c3cccc4c3oc3ccccc34)cc21. The van der Waals surface area contributed by atoms with Crippen LogP contribution < -0.4 is 4.90 Å². The summed E-state index contributed by atoms with van der Waals surface area (Å²) in [5.74, 6) is 0. The van der Waals surface area contributed by atoms with Gasteiger partial charge in [-0.15, -0.1) is 0 Å². The molecule has 1 aliphatic carbocycles. The van der Waals surface area contributed by atoms with Crippen molar-refractivity contribution >= 4 is 82.5 Å². The highest BCUT2D eigenvalue weighted by Crippen LogP contribution is 2.52. The van der Waals surface area contributed by atoms with Gasteiger partial charge in [-0.25, -0.2) is 0 Å². The average Bonchev–Trinajstić information content (AvgIpc) is 3.87. The van der Waals surface area contributed by atoms with Crippen LogP contribution in [0.2, 0.25) is 0 Å². The molecule has 3 heteroatoms. The van der Waals surface area contributed by atoms with E-state index < -0.39 is 0 Å². The third-order valence-corrected chi connectivity index (χ3v) is 12.2. The van der Waals surface area contributed by atoms with E-state index in [-0.39, 0.29) is 5.41 Å². The van der Waals surface area contributed by atoms with Crippen molar-refractivity contribution in [2.24, 2.45) is 0 Å². The Morgan fingerprint density at radius 2 is 1.02 bits per heavy atom. The molecule has 0 aliphatic heterocycles. The molecule has 56 heavy (non-hydrogen) atoms. The minimum Gasteiger partial charge on any atom is -0.455 e. The molecular formula is C53H35NO2. The molecule has 0 N–H and O–H groups in total. The highest BCUT2D eigenvalue weighted by atomic mass is 16.3. The fraction of sp³-hybridized carbons (Fsp3) is 0.0566. The van der Waals surface area contributed by atoms with Gasteiger partial charge in [0.2, 0.25) is 0 Å². The van der Waals surface area contributed by atoms with Crippen molar-refractivity contribution in [2.75, 3.05) is 4.90 Å². The topological polar surface area (TPSA) is 29.5 Å². The van der Waals surface area contributed by atoms with E-state index >= 15 is 0 Å². The summed E-state index contributed by atoms with van der Waals surface area (Å²) in [7, 11) is 0.